The van der Waals surface area contributed by atoms with Gasteiger partial charge in [-0.3, -0.25) is 4.98 Å². The van der Waals surface area contributed by atoms with Crippen LogP contribution in [0.3, 0.4) is 0 Å². The predicted octanol–water partition coefficient (Wildman–Crippen LogP) is 5.23. The molecule has 0 unspecified atom stereocenters. The molecule has 6 heteroatoms. The van der Waals surface area contributed by atoms with Gasteiger partial charge >= 0.3 is 6.03 Å². The van der Waals surface area contributed by atoms with Gasteiger partial charge in [-0.1, -0.05) is 36.4 Å². The maximum atomic E-state index is 12.3. The van der Waals surface area contributed by atoms with Crippen LogP contribution in [0.5, 0.6) is 17.2 Å². The van der Waals surface area contributed by atoms with E-state index in [2.05, 4.69) is 15.6 Å². The molecule has 0 aliphatic rings. The van der Waals surface area contributed by atoms with Gasteiger partial charge in [0.05, 0.1) is 17.7 Å². The average Bonchev–Trinajstić information content (AvgIpc) is 2.79. The second kappa shape index (κ2) is 9.43. The zero-order chi connectivity index (χ0) is 20.6. The lowest BCUT2D eigenvalue weighted by molar-refractivity contribution is 0.247. The van der Waals surface area contributed by atoms with Crippen molar-refractivity contribution in [3.8, 4) is 17.2 Å². The van der Waals surface area contributed by atoms with Crippen molar-refractivity contribution in [2.45, 2.75) is 0 Å². The monoisotopic (exact) mass is 399 g/mol. The fraction of sp³-hybridized carbons (Fsp3) is 0.0833. The highest BCUT2D eigenvalue weighted by atomic mass is 16.5. The van der Waals surface area contributed by atoms with Crippen molar-refractivity contribution in [2.75, 3.05) is 18.5 Å². The van der Waals surface area contributed by atoms with Gasteiger partial charge in [-0.2, -0.15) is 0 Å². The minimum absolute atomic E-state index is 0.328. The van der Waals surface area contributed by atoms with Gasteiger partial charge in [0.1, 0.15) is 18.1 Å². The van der Waals surface area contributed by atoms with Crippen molar-refractivity contribution >= 4 is 22.6 Å². The van der Waals surface area contributed by atoms with Gasteiger partial charge in [-0.25, -0.2) is 4.79 Å². The number of rotatable bonds is 7. The van der Waals surface area contributed by atoms with Crippen LogP contribution in [0.4, 0.5) is 10.5 Å². The summed E-state index contributed by atoms with van der Waals surface area (Å²) < 4.78 is 11.6. The standard InChI is InChI=1S/C24H21N3O3/c28-24(26-15-16-29-20-12-13-21-18(17-20)7-6-14-25-21)27-22-10-4-5-11-23(22)30-19-8-2-1-3-9-19/h1-14,17H,15-16H2,(H2,26,27,28). The Balaban J connectivity index is 1.27. The van der Waals surface area contributed by atoms with Crippen LogP contribution in [-0.4, -0.2) is 24.2 Å². The minimum atomic E-state index is -0.328. The lowest BCUT2D eigenvalue weighted by Gasteiger charge is -2.13. The molecule has 2 N–H and O–H groups in total. The molecule has 2 amide bonds. The van der Waals surface area contributed by atoms with Gasteiger partial charge < -0.3 is 20.1 Å². The van der Waals surface area contributed by atoms with Gasteiger partial charge in [0, 0.05) is 11.6 Å². The maximum absolute atomic E-state index is 12.3. The highest BCUT2D eigenvalue weighted by Crippen LogP contribution is 2.28. The van der Waals surface area contributed by atoms with Crippen molar-refractivity contribution in [3.63, 3.8) is 0 Å². The van der Waals surface area contributed by atoms with Crippen LogP contribution in [0, 0.1) is 0 Å². The number of carbonyl (C=O) groups is 1. The molecular weight excluding hydrogens is 378 g/mol. The number of anilines is 1. The van der Waals surface area contributed by atoms with E-state index in [1.807, 2.05) is 72.8 Å². The molecule has 1 aromatic heterocycles. The number of hydrogen-bond donors (Lipinski definition) is 2. The van der Waals surface area contributed by atoms with Crippen molar-refractivity contribution in [2.24, 2.45) is 0 Å². The zero-order valence-electron chi connectivity index (χ0n) is 16.2. The Morgan fingerprint density at radius 2 is 1.70 bits per heavy atom. The zero-order valence-corrected chi connectivity index (χ0v) is 16.2. The third-order valence-corrected chi connectivity index (χ3v) is 4.34. The molecule has 0 saturated carbocycles. The number of benzene rings is 3. The lowest BCUT2D eigenvalue weighted by Crippen LogP contribution is -2.32. The number of para-hydroxylation sites is 3. The van der Waals surface area contributed by atoms with E-state index in [0.717, 1.165) is 16.7 Å². The number of hydrogen-bond acceptors (Lipinski definition) is 4. The van der Waals surface area contributed by atoms with Crippen LogP contribution in [-0.2, 0) is 0 Å². The smallest absolute Gasteiger partial charge is 0.319 e. The first-order valence-electron chi connectivity index (χ1n) is 9.62. The van der Waals surface area contributed by atoms with Gasteiger partial charge in [0.2, 0.25) is 0 Å². The Morgan fingerprint density at radius 1 is 0.867 bits per heavy atom. The highest BCUT2D eigenvalue weighted by molar-refractivity contribution is 5.91. The van der Waals surface area contributed by atoms with Crippen LogP contribution in [0.2, 0.25) is 0 Å². The Morgan fingerprint density at radius 3 is 2.60 bits per heavy atom. The summed E-state index contributed by atoms with van der Waals surface area (Å²) in [6, 6.07) is 26.0. The number of amides is 2. The highest BCUT2D eigenvalue weighted by Gasteiger charge is 2.08. The summed E-state index contributed by atoms with van der Waals surface area (Å²) in [6.45, 7) is 0.708. The first kappa shape index (κ1) is 19.3. The molecule has 3 aromatic carbocycles. The molecule has 0 radical (unpaired) electrons. The summed E-state index contributed by atoms with van der Waals surface area (Å²) in [5.74, 6) is 2.00. The topological polar surface area (TPSA) is 72.5 Å². The average molecular weight is 399 g/mol. The molecule has 4 rings (SSSR count). The van der Waals surface area contributed by atoms with E-state index in [1.165, 1.54) is 0 Å². The van der Waals surface area contributed by atoms with Gasteiger partial charge in [0.25, 0.3) is 0 Å². The number of ether oxygens (including phenoxy) is 2. The molecule has 0 spiro atoms. The maximum Gasteiger partial charge on any atom is 0.319 e. The largest absolute Gasteiger partial charge is 0.492 e. The molecule has 4 aromatic rings. The summed E-state index contributed by atoms with van der Waals surface area (Å²) >= 11 is 0. The Labute approximate surface area is 174 Å². The molecule has 0 fully saturated rings. The third-order valence-electron chi connectivity index (χ3n) is 4.34. The first-order chi connectivity index (χ1) is 14.8. The number of carbonyl (C=O) groups excluding carboxylic acids is 1. The van der Waals surface area contributed by atoms with E-state index in [9.17, 15) is 4.79 Å². The molecule has 0 atom stereocenters. The molecule has 0 aliphatic heterocycles. The molecule has 0 bridgehead atoms. The van der Waals surface area contributed by atoms with Gasteiger partial charge in [-0.05, 0) is 48.5 Å². The fourth-order valence-corrected chi connectivity index (χ4v) is 2.92. The molecule has 30 heavy (non-hydrogen) atoms. The van der Waals surface area contributed by atoms with E-state index in [4.69, 9.17) is 9.47 Å². The molecule has 1 heterocycles. The van der Waals surface area contributed by atoms with Crippen molar-refractivity contribution in [1.82, 2.24) is 10.3 Å². The second-order valence-corrected chi connectivity index (χ2v) is 6.50. The number of nitrogens with one attached hydrogen (secondary N) is 2. The van der Waals surface area contributed by atoms with Crippen molar-refractivity contribution in [1.29, 1.82) is 0 Å². The first-order valence-corrected chi connectivity index (χ1v) is 9.62. The second-order valence-electron chi connectivity index (χ2n) is 6.50. The summed E-state index contributed by atoms with van der Waals surface area (Å²) in [5, 5.41) is 6.61. The molecule has 0 saturated heterocycles. The number of aromatic nitrogens is 1. The van der Waals surface area contributed by atoms with E-state index in [0.29, 0.717) is 30.3 Å². The van der Waals surface area contributed by atoms with Crippen LogP contribution in [0.1, 0.15) is 0 Å². The molecule has 6 nitrogen and oxygen atoms in total. The number of pyridine rings is 1. The van der Waals surface area contributed by atoms with E-state index in [1.54, 1.807) is 18.3 Å². The Hall–Kier alpha value is -4.06. The summed E-state index contributed by atoms with van der Waals surface area (Å²) in [5.41, 5.74) is 1.50. The number of nitrogens with zero attached hydrogens (tertiary/aromatic N) is 1. The molecular formula is C24H21N3O3. The summed E-state index contributed by atoms with van der Waals surface area (Å²) in [4.78, 5) is 16.5. The molecule has 0 aliphatic carbocycles. The number of urea groups is 1. The van der Waals surface area contributed by atoms with E-state index in [-0.39, 0.29) is 6.03 Å². The van der Waals surface area contributed by atoms with E-state index < -0.39 is 0 Å². The minimum Gasteiger partial charge on any atom is -0.492 e. The van der Waals surface area contributed by atoms with Crippen molar-refractivity contribution < 1.29 is 14.3 Å². The Bertz CT molecular complexity index is 1130. The quantitative estimate of drug-likeness (QED) is 0.418. The summed E-state index contributed by atoms with van der Waals surface area (Å²) in [6.07, 6.45) is 1.76. The summed E-state index contributed by atoms with van der Waals surface area (Å²) in [7, 11) is 0. The number of fused-ring (bicyclic) bond motifs is 1. The third kappa shape index (κ3) is 5.05. The predicted molar refractivity (Wildman–Crippen MR) is 117 cm³/mol. The van der Waals surface area contributed by atoms with Crippen LogP contribution >= 0.6 is 0 Å². The fourth-order valence-electron chi connectivity index (χ4n) is 2.92. The van der Waals surface area contributed by atoms with Crippen LogP contribution in [0.15, 0.2) is 91.1 Å². The Kier molecular flexibility index (Phi) is 6.05. The van der Waals surface area contributed by atoms with Gasteiger partial charge in [0.15, 0.2) is 5.75 Å². The van der Waals surface area contributed by atoms with Gasteiger partial charge in [-0.15, -0.1) is 0 Å². The SMILES string of the molecule is O=C(NCCOc1ccc2ncccc2c1)Nc1ccccc1Oc1ccccc1. The molecule has 150 valence electrons. The van der Waals surface area contributed by atoms with E-state index >= 15 is 0 Å². The normalized spacial score (nSPS) is 10.4. The van der Waals surface area contributed by atoms with Crippen molar-refractivity contribution in [3.05, 3.63) is 91.1 Å². The van der Waals surface area contributed by atoms with Crippen LogP contribution < -0.4 is 20.1 Å². The lowest BCUT2D eigenvalue weighted by atomic mass is 10.2. The van der Waals surface area contributed by atoms with Crippen LogP contribution in [0.25, 0.3) is 10.9 Å².